The standard InChI is InChI=1S/C11H15N3O3/c1-6-4-14(5-9(6)11(16)17)10(15)8-3-12-13-7(8)2/h3,6,9H,4-5H2,1-2H3,(H,12,13)(H,16,17). The topological polar surface area (TPSA) is 86.3 Å². The number of nitrogens with one attached hydrogen (secondary N) is 1. The fourth-order valence-electron chi connectivity index (χ4n) is 2.19. The molecule has 1 aromatic heterocycles. The van der Waals surface area contributed by atoms with Crippen molar-refractivity contribution in [2.24, 2.45) is 11.8 Å². The maximum Gasteiger partial charge on any atom is 0.308 e. The van der Waals surface area contributed by atoms with Crippen molar-refractivity contribution >= 4 is 11.9 Å². The summed E-state index contributed by atoms with van der Waals surface area (Å²) in [5, 5.41) is 15.5. The minimum absolute atomic E-state index is 0.0105. The van der Waals surface area contributed by atoms with Crippen molar-refractivity contribution in [1.29, 1.82) is 0 Å². The van der Waals surface area contributed by atoms with E-state index in [2.05, 4.69) is 10.2 Å². The number of aromatic amines is 1. The molecule has 0 radical (unpaired) electrons. The Labute approximate surface area is 98.6 Å². The number of hydrogen-bond acceptors (Lipinski definition) is 3. The second-order valence-corrected chi connectivity index (χ2v) is 4.54. The number of likely N-dealkylation sites (tertiary alicyclic amines) is 1. The Hall–Kier alpha value is -1.85. The number of nitrogens with zero attached hydrogens (tertiary/aromatic N) is 2. The Balaban J connectivity index is 2.13. The monoisotopic (exact) mass is 237 g/mol. The summed E-state index contributed by atoms with van der Waals surface area (Å²) in [5.41, 5.74) is 1.23. The van der Waals surface area contributed by atoms with Crippen molar-refractivity contribution in [2.45, 2.75) is 13.8 Å². The van der Waals surface area contributed by atoms with Crippen LogP contribution in [0.2, 0.25) is 0 Å². The number of aromatic nitrogens is 2. The van der Waals surface area contributed by atoms with E-state index in [0.717, 1.165) is 0 Å². The first-order chi connectivity index (χ1) is 8.00. The van der Waals surface area contributed by atoms with Crippen LogP contribution in [0.15, 0.2) is 6.20 Å². The molecule has 0 spiro atoms. The van der Waals surface area contributed by atoms with Crippen molar-refractivity contribution in [3.63, 3.8) is 0 Å². The van der Waals surface area contributed by atoms with Crippen LogP contribution in [-0.2, 0) is 4.79 Å². The molecular weight excluding hydrogens is 222 g/mol. The molecule has 1 fully saturated rings. The lowest BCUT2D eigenvalue weighted by atomic mass is 9.99. The Morgan fingerprint density at radius 1 is 1.53 bits per heavy atom. The Bertz CT molecular complexity index is 455. The highest BCUT2D eigenvalue weighted by Gasteiger charge is 2.37. The molecule has 0 bridgehead atoms. The lowest BCUT2D eigenvalue weighted by Gasteiger charge is -2.15. The molecule has 2 rings (SSSR count). The highest BCUT2D eigenvalue weighted by Crippen LogP contribution is 2.24. The predicted molar refractivity (Wildman–Crippen MR) is 59.5 cm³/mol. The lowest BCUT2D eigenvalue weighted by Crippen LogP contribution is -2.30. The molecule has 6 heteroatoms. The van der Waals surface area contributed by atoms with Crippen LogP contribution in [0.3, 0.4) is 0 Å². The maximum atomic E-state index is 12.1. The molecule has 17 heavy (non-hydrogen) atoms. The first-order valence-electron chi connectivity index (χ1n) is 5.52. The van der Waals surface area contributed by atoms with Crippen LogP contribution in [0.25, 0.3) is 0 Å². The van der Waals surface area contributed by atoms with Gasteiger partial charge in [-0.2, -0.15) is 5.10 Å². The molecule has 1 aliphatic rings. The van der Waals surface area contributed by atoms with Crippen LogP contribution < -0.4 is 0 Å². The van der Waals surface area contributed by atoms with Gasteiger partial charge in [-0.1, -0.05) is 6.92 Å². The molecular formula is C11H15N3O3. The quantitative estimate of drug-likeness (QED) is 0.784. The van der Waals surface area contributed by atoms with E-state index < -0.39 is 11.9 Å². The van der Waals surface area contributed by atoms with Gasteiger partial charge in [0.25, 0.3) is 5.91 Å². The fourth-order valence-corrected chi connectivity index (χ4v) is 2.19. The molecule has 6 nitrogen and oxygen atoms in total. The SMILES string of the molecule is Cc1[nH]ncc1C(=O)N1CC(C)C(C(=O)O)C1. The van der Waals surface area contributed by atoms with Crippen LogP contribution in [-0.4, -0.2) is 45.2 Å². The van der Waals surface area contributed by atoms with Gasteiger partial charge in [-0.15, -0.1) is 0 Å². The smallest absolute Gasteiger partial charge is 0.308 e. The van der Waals surface area contributed by atoms with Crippen LogP contribution in [0, 0.1) is 18.8 Å². The number of carbonyl (C=O) groups is 2. The van der Waals surface area contributed by atoms with E-state index in [9.17, 15) is 9.59 Å². The molecule has 2 heterocycles. The summed E-state index contributed by atoms with van der Waals surface area (Å²) >= 11 is 0. The van der Waals surface area contributed by atoms with E-state index in [-0.39, 0.29) is 18.4 Å². The summed E-state index contributed by atoms with van der Waals surface area (Å²) in [6, 6.07) is 0. The maximum absolute atomic E-state index is 12.1. The first kappa shape index (κ1) is 11.6. The number of aryl methyl sites for hydroxylation is 1. The molecule has 0 aliphatic carbocycles. The minimum atomic E-state index is -0.836. The Morgan fingerprint density at radius 2 is 2.24 bits per heavy atom. The summed E-state index contributed by atoms with van der Waals surface area (Å²) in [6.45, 7) is 4.39. The normalized spacial score (nSPS) is 24.0. The van der Waals surface area contributed by atoms with Crippen molar-refractivity contribution in [1.82, 2.24) is 15.1 Å². The Morgan fingerprint density at radius 3 is 2.71 bits per heavy atom. The van der Waals surface area contributed by atoms with Crippen molar-refractivity contribution < 1.29 is 14.7 Å². The van der Waals surface area contributed by atoms with Crippen molar-refractivity contribution in [3.05, 3.63) is 17.5 Å². The van der Waals surface area contributed by atoms with E-state index in [1.54, 1.807) is 11.8 Å². The third-order valence-electron chi connectivity index (χ3n) is 3.28. The van der Waals surface area contributed by atoms with Crippen LogP contribution in [0.5, 0.6) is 0 Å². The van der Waals surface area contributed by atoms with Crippen LogP contribution >= 0.6 is 0 Å². The fraction of sp³-hybridized carbons (Fsp3) is 0.545. The number of aliphatic carboxylic acids is 1. The highest BCUT2D eigenvalue weighted by molar-refractivity contribution is 5.95. The summed E-state index contributed by atoms with van der Waals surface area (Å²) < 4.78 is 0. The van der Waals surface area contributed by atoms with Gasteiger partial charge in [-0.3, -0.25) is 14.7 Å². The van der Waals surface area contributed by atoms with E-state index in [0.29, 0.717) is 17.8 Å². The van der Waals surface area contributed by atoms with Gasteiger partial charge in [0.1, 0.15) is 0 Å². The van der Waals surface area contributed by atoms with Gasteiger partial charge in [0.2, 0.25) is 0 Å². The number of carboxylic acid groups (broad SMARTS) is 1. The molecule has 2 unspecified atom stereocenters. The third-order valence-corrected chi connectivity index (χ3v) is 3.28. The average molecular weight is 237 g/mol. The van der Waals surface area contributed by atoms with Crippen molar-refractivity contribution in [2.75, 3.05) is 13.1 Å². The van der Waals surface area contributed by atoms with E-state index >= 15 is 0 Å². The van der Waals surface area contributed by atoms with Gasteiger partial charge in [0.05, 0.1) is 17.7 Å². The predicted octanol–water partition coefficient (Wildman–Crippen LogP) is 0.511. The molecule has 92 valence electrons. The molecule has 2 N–H and O–H groups in total. The summed E-state index contributed by atoms with van der Waals surface area (Å²) in [5.74, 6) is -1.46. The molecule has 1 aliphatic heterocycles. The largest absolute Gasteiger partial charge is 0.481 e. The zero-order valence-electron chi connectivity index (χ0n) is 9.80. The third kappa shape index (κ3) is 2.02. The molecule has 2 atom stereocenters. The van der Waals surface area contributed by atoms with Gasteiger partial charge < -0.3 is 10.0 Å². The zero-order valence-corrected chi connectivity index (χ0v) is 9.80. The molecule has 1 aromatic rings. The van der Waals surface area contributed by atoms with E-state index in [1.807, 2.05) is 6.92 Å². The zero-order chi connectivity index (χ0) is 12.6. The van der Waals surface area contributed by atoms with Crippen LogP contribution in [0.1, 0.15) is 23.0 Å². The number of carbonyl (C=O) groups excluding carboxylic acids is 1. The van der Waals surface area contributed by atoms with Gasteiger partial charge in [0.15, 0.2) is 0 Å². The molecule has 1 saturated heterocycles. The van der Waals surface area contributed by atoms with Gasteiger partial charge in [-0.25, -0.2) is 0 Å². The van der Waals surface area contributed by atoms with Gasteiger partial charge >= 0.3 is 5.97 Å². The van der Waals surface area contributed by atoms with Gasteiger partial charge in [0, 0.05) is 18.8 Å². The van der Waals surface area contributed by atoms with E-state index in [1.165, 1.54) is 6.20 Å². The number of H-pyrrole nitrogens is 1. The van der Waals surface area contributed by atoms with Crippen molar-refractivity contribution in [3.8, 4) is 0 Å². The number of amides is 1. The minimum Gasteiger partial charge on any atom is -0.481 e. The number of hydrogen-bond donors (Lipinski definition) is 2. The second kappa shape index (κ2) is 4.20. The van der Waals surface area contributed by atoms with Crippen LogP contribution in [0.4, 0.5) is 0 Å². The Kier molecular flexibility index (Phi) is 2.87. The van der Waals surface area contributed by atoms with E-state index in [4.69, 9.17) is 5.11 Å². The summed E-state index contributed by atoms with van der Waals surface area (Å²) in [6.07, 6.45) is 1.48. The number of carboxylic acids is 1. The highest BCUT2D eigenvalue weighted by atomic mass is 16.4. The lowest BCUT2D eigenvalue weighted by molar-refractivity contribution is -0.142. The number of rotatable bonds is 2. The second-order valence-electron chi connectivity index (χ2n) is 4.54. The molecule has 0 aromatic carbocycles. The summed E-state index contributed by atoms with van der Waals surface area (Å²) in [4.78, 5) is 24.7. The first-order valence-corrected chi connectivity index (χ1v) is 5.52. The van der Waals surface area contributed by atoms with Gasteiger partial charge in [-0.05, 0) is 12.8 Å². The average Bonchev–Trinajstić information content (AvgIpc) is 2.83. The summed E-state index contributed by atoms with van der Waals surface area (Å²) in [7, 11) is 0. The molecule has 0 saturated carbocycles. The molecule has 1 amide bonds.